The van der Waals surface area contributed by atoms with Gasteiger partial charge in [-0.15, -0.1) is 11.3 Å². The van der Waals surface area contributed by atoms with Crippen molar-refractivity contribution in [1.82, 2.24) is 9.88 Å². The van der Waals surface area contributed by atoms with Gasteiger partial charge in [-0.1, -0.05) is 17.7 Å². The Bertz CT molecular complexity index is 1170. The number of nitrogens with one attached hydrogen (secondary N) is 1. The smallest absolute Gasteiger partial charge is 0.416 e. The maximum atomic E-state index is 12.9. The molecule has 0 radical (unpaired) electrons. The fraction of sp³-hybridized carbons (Fsp3) is 0.385. The minimum absolute atomic E-state index is 0.0115. The number of hydrogen-bond donors (Lipinski definition) is 1. The van der Waals surface area contributed by atoms with Crippen LogP contribution in [0.4, 0.5) is 18.9 Å². The zero-order valence-corrected chi connectivity index (χ0v) is 22.1. The molecule has 194 valence electrons. The molecule has 0 saturated heterocycles. The van der Waals surface area contributed by atoms with Gasteiger partial charge in [0.1, 0.15) is 17.4 Å². The van der Waals surface area contributed by atoms with Gasteiger partial charge < -0.3 is 10.1 Å². The van der Waals surface area contributed by atoms with E-state index in [1.165, 1.54) is 17.4 Å². The highest BCUT2D eigenvalue weighted by molar-refractivity contribution is 7.13. The lowest BCUT2D eigenvalue weighted by Crippen LogP contribution is -2.39. The maximum Gasteiger partial charge on any atom is 0.416 e. The molecule has 0 saturated carbocycles. The van der Waals surface area contributed by atoms with E-state index in [9.17, 15) is 18.0 Å². The molecule has 1 N–H and O–H groups in total. The van der Waals surface area contributed by atoms with Crippen LogP contribution in [0.25, 0.3) is 10.6 Å². The first-order valence-electron chi connectivity index (χ1n) is 11.5. The lowest BCUT2D eigenvalue weighted by Gasteiger charge is -2.30. The topological polar surface area (TPSA) is 54.5 Å². The molecule has 1 heterocycles. The molecule has 36 heavy (non-hydrogen) atoms. The molecule has 0 bridgehead atoms. The van der Waals surface area contributed by atoms with Crippen molar-refractivity contribution in [3.63, 3.8) is 0 Å². The highest BCUT2D eigenvalue weighted by Gasteiger charge is 2.31. The third-order valence-electron chi connectivity index (χ3n) is 5.48. The second kappa shape index (κ2) is 12.1. The minimum atomic E-state index is -4.47. The summed E-state index contributed by atoms with van der Waals surface area (Å²) in [6.07, 6.45) is -4.46. The number of hydrogen-bond acceptors (Lipinski definition) is 5. The van der Waals surface area contributed by atoms with Gasteiger partial charge in [0, 0.05) is 41.3 Å². The number of thiazole rings is 1. The first-order chi connectivity index (χ1) is 16.9. The summed E-state index contributed by atoms with van der Waals surface area (Å²) in [5.41, 5.74) is 0.664. The monoisotopic (exact) mass is 539 g/mol. The Kier molecular flexibility index (Phi) is 9.38. The van der Waals surface area contributed by atoms with Crippen LogP contribution in [0.1, 0.15) is 39.0 Å². The van der Waals surface area contributed by atoms with E-state index in [1.54, 1.807) is 23.6 Å². The highest BCUT2D eigenvalue weighted by Crippen LogP contribution is 2.36. The first-order valence-corrected chi connectivity index (χ1v) is 12.8. The summed E-state index contributed by atoms with van der Waals surface area (Å²) < 4.78 is 44.5. The van der Waals surface area contributed by atoms with E-state index in [1.807, 2.05) is 6.07 Å². The van der Waals surface area contributed by atoms with E-state index >= 15 is 0 Å². The van der Waals surface area contributed by atoms with Gasteiger partial charge in [0.25, 0.3) is 0 Å². The molecule has 0 aliphatic heterocycles. The van der Waals surface area contributed by atoms with Crippen LogP contribution in [0.2, 0.25) is 5.02 Å². The molecule has 3 rings (SSSR count). The quantitative estimate of drug-likeness (QED) is 0.297. The molecule has 0 atom stereocenters. The zero-order chi connectivity index (χ0) is 26.5. The van der Waals surface area contributed by atoms with Gasteiger partial charge >= 0.3 is 6.18 Å². The second-order valence-electron chi connectivity index (χ2n) is 8.86. The largest absolute Gasteiger partial charge is 0.492 e. The average molecular weight is 540 g/mol. The number of aromatic nitrogens is 1. The summed E-state index contributed by atoms with van der Waals surface area (Å²) >= 11 is 7.28. The molecule has 0 unspecified atom stereocenters. The van der Waals surface area contributed by atoms with Gasteiger partial charge in [-0.25, -0.2) is 4.98 Å². The molecule has 0 aliphatic carbocycles. The standard InChI is InChI=1S/C26H29ClF3N3O2S/c1-16(2)33(17(3)4)10-11-35-21-7-5-6-19(13-21)31-24(34)14-20-15-36-25(32-20)22-9-8-18(12-23(22)27)26(28,29)30/h5-9,12-13,15-17H,10-11,14H2,1-4H3,(H,31,34). The van der Waals surface area contributed by atoms with Crippen LogP contribution < -0.4 is 10.1 Å². The number of carbonyl (C=O) groups is 1. The van der Waals surface area contributed by atoms with Crippen LogP contribution in [0.15, 0.2) is 47.8 Å². The zero-order valence-electron chi connectivity index (χ0n) is 20.5. The summed E-state index contributed by atoms with van der Waals surface area (Å²) in [7, 11) is 0. The number of rotatable bonds is 10. The van der Waals surface area contributed by atoms with Crippen molar-refractivity contribution in [2.75, 3.05) is 18.5 Å². The first kappa shape index (κ1) is 28.0. The summed E-state index contributed by atoms with van der Waals surface area (Å²) in [4.78, 5) is 19.3. The molecule has 10 heteroatoms. The summed E-state index contributed by atoms with van der Waals surface area (Å²) in [6, 6.07) is 11.2. The lowest BCUT2D eigenvalue weighted by molar-refractivity contribution is -0.137. The number of benzene rings is 2. The fourth-order valence-electron chi connectivity index (χ4n) is 3.79. The molecule has 0 spiro atoms. The number of amides is 1. The molecule has 3 aromatic rings. The van der Waals surface area contributed by atoms with Crippen LogP contribution in [-0.2, 0) is 17.4 Å². The number of halogens is 4. The Hall–Kier alpha value is -2.62. The summed E-state index contributed by atoms with van der Waals surface area (Å²) in [6.45, 7) is 9.93. The molecular weight excluding hydrogens is 511 g/mol. The Morgan fingerprint density at radius 3 is 2.50 bits per heavy atom. The number of alkyl halides is 3. The van der Waals surface area contributed by atoms with E-state index in [0.29, 0.717) is 46.4 Å². The van der Waals surface area contributed by atoms with Crippen molar-refractivity contribution < 1.29 is 22.7 Å². The molecule has 5 nitrogen and oxygen atoms in total. The predicted octanol–water partition coefficient (Wildman–Crippen LogP) is 7.16. The maximum absolute atomic E-state index is 12.9. The van der Waals surface area contributed by atoms with Gasteiger partial charge in [-0.3, -0.25) is 9.69 Å². The van der Waals surface area contributed by atoms with Crippen molar-refractivity contribution in [1.29, 1.82) is 0 Å². The predicted molar refractivity (Wildman–Crippen MR) is 139 cm³/mol. The fourth-order valence-corrected chi connectivity index (χ4v) is 4.98. The van der Waals surface area contributed by atoms with E-state index in [2.05, 4.69) is 42.9 Å². The van der Waals surface area contributed by atoms with Crippen LogP contribution >= 0.6 is 22.9 Å². The minimum Gasteiger partial charge on any atom is -0.492 e. The third kappa shape index (κ3) is 7.69. The van der Waals surface area contributed by atoms with Gasteiger partial charge in [0.2, 0.25) is 5.91 Å². The van der Waals surface area contributed by atoms with Crippen LogP contribution in [-0.4, -0.2) is 41.0 Å². The van der Waals surface area contributed by atoms with E-state index in [-0.39, 0.29) is 17.4 Å². The molecule has 2 aromatic carbocycles. The normalized spacial score (nSPS) is 12.0. The van der Waals surface area contributed by atoms with Gasteiger partial charge in [0.15, 0.2) is 0 Å². The van der Waals surface area contributed by atoms with E-state index < -0.39 is 11.7 Å². The molecule has 0 aliphatic rings. The van der Waals surface area contributed by atoms with Crippen molar-refractivity contribution in [3.05, 3.63) is 64.1 Å². The second-order valence-corrected chi connectivity index (χ2v) is 10.1. The Balaban J connectivity index is 1.58. The highest BCUT2D eigenvalue weighted by atomic mass is 35.5. The average Bonchev–Trinajstić information content (AvgIpc) is 3.23. The van der Waals surface area contributed by atoms with Crippen LogP contribution in [0, 0.1) is 0 Å². The number of anilines is 1. The Labute approximate surface area is 218 Å². The summed E-state index contributed by atoms with van der Waals surface area (Å²) in [5.74, 6) is 0.390. The Morgan fingerprint density at radius 1 is 1.14 bits per heavy atom. The van der Waals surface area contributed by atoms with Gasteiger partial charge in [-0.2, -0.15) is 13.2 Å². The number of nitrogens with zero attached hydrogens (tertiary/aromatic N) is 2. The van der Waals surface area contributed by atoms with Crippen molar-refractivity contribution in [2.24, 2.45) is 0 Å². The molecule has 1 amide bonds. The number of ether oxygens (including phenoxy) is 1. The Morgan fingerprint density at radius 2 is 1.86 bits per heavy atom. The SMILES string of the molecule is CC(C)N(CCOc1cccc(NC(=O)Cc2csc(-c3ccc(C(F)(F)F)cc3Cl)n2)c1)C(C)C. The van der Waals surface area contributed by atoms with Gasteiger partial charge in [0.05, 0.1) is 22.7 Å². The number of carbonyl (C=O) groups excluding carboxylic acids is 1. The van der Waals surface area contributed by atoms with Gasteiger partial charge in [-0.05, 0) is 58.0 Å². The van der Waals surface area contributed by atoms with Crippen LogP contribution in [0.5, 0.6) is 5.75 Å². The molecular formula is C26H29ClF3N3O2S. The molecule has 1 aromatic heterocycles. The van der Waals surface area contributed by atoms with Crippen molar-refractivity contribution >= 4 is 34.5 Å². The third-order valence-corrected chi connectivity index (χ3v) is 6.72. The van der Waals surface area contributed by atoms with E-state index in [4.69, 9.17) is 16.3 Å². The lowest BCUT2D eigenvalue weighted by atomic mass is 10.1. The molecule has 0 fully saturated rings. The van der Waals surface area contributed by atoms with E-state index in [0.717, 1.165) is 18.7 Å². The summed E-state index contributed by atoms with van der Waals surface area (Å²) in [5, 5.41) is 4.93. The van der Waals surface area contributed by atoms with Crippen molar-refractivity contribution in [3.8, 4) is 16.3 Å². The van der Waals surface area contributed by atoms with Crippen LogP contribution in [0.3, 0.4) is 0 Å². The van der Waals surface area contributed by atoms with Crippen molar-refractivity contribution in [2.45, 2.75) is 52.4 Å².